The van der Waals surface area contributed by atoms with Crippen LogP contribution in [-0.2, 0) is 10.0 Å². The molecule has 0 unspecified atom stereocenters. The lowest BCUT2D eigenvalue weighted by molar-refractivity contribution is 0.0943. The molecular weight excluding hydrogens is 288 g/mol. The highest BCUT2D eigenvalue weighted by Gasteiger charge is 2.20. The molecule has 0 radical (unpaired) electrons. The molecule has 6 heteroatoms. The molecule has 0 spiro atoms. The first-order valence-electron chi connectivity index (χ1n) is 6.36. The fourth-order valence-electron chi connectivity index (χ4n) is 1.73. The lowest BCUT2D eigenvalue weighted by Crippen LogP contribution is -2.38. The monoisotopic (exact) mass is 304 g/mol. The average molecular weight is 304 g/mol. The number of sulfonamides is 1. The lowest BCUT2D eigenvalue weighted by atomic mass is 10.2. The maximum atomic E-state index is 12.3. The standard InChI is InChI=1S/C15H16N2O3S/c1-17(21(19,20)14-10-6-3-7-11-14)12-16-15(18)13-8-4-2-5-9-13/h2-11H,12H2,1H3,(H,16,18). The van der Waals surface area contributed by atoms with Crippen molar-refractivity contribution < 1.29 is 13.2 Å². The molecule has 2 aromatic carbocycles. The smallest absolute Gasteiger partial charge is 0.252 e. The van der Waals surface area contributed by atoms with Gasteiger partial charge in [0, 0.05) is 12.6 Å². The van der Waals surface area contributed by atoms with Gasteiger partial charge in [0.25, 0.3) is 5.91 Å². The Morgan fingerprint density at radius 2 is 1.52 bits per heavy atom. The summed E-state index contributed by atoms with van der Waals surface area (Å²) < 4.78 is 25.6. The van der Waals surface area contributed by atoms with E-state index in [4.69, 9.17) is 0 Å². The molecule has 0 aliphatic rings. The molecule has 0 heterocycles. The number of amides is 1. The molecule has 2 rings (SSSR count). The van der Waals surface area contributed by atoms with E-state index in [9.17, 15) is 13.2 Å². The van der Waals surface area contributed by atoms with E-state index < -0.39 is 10.0 Å². The van der Waals surface area contributed by atoms with Crippen molar-refractivity contribution in [2.24, 2.45) is 0 Å². The summed E-state index contributed by atoms with van der Waals surface area (Å²) in [5.41, 5.74) is 0.489. The predicted octanol–water partition coefficient (Wildman–Crippen LogP) is 1.69. The molecule has 0 saturated carbocycles. The summed E-state index contributed by atoms with van der Waals surface area (Å²) >= 11 is 0. The lowest BCUT2D eigenvalue weighted by Gasteiger charge is -2.17. The van der Waals surface area contributed by atoms with Gasteiger partial charge in [0.15, 0.2) is 0 Å². The minimum absolute atomic E-state index is 0.0923. The number of carbonyl (C=O) groups is 1. The van der Waals surface area contributed by atoms with E-state index in [1.165, 1.54) is 19.2 Å². The average Bonchev–Trinajstić information content (AvgIpc) is 2.53. The summed E-state index contributed by atoms with van der Waals surface area (Å²) in [6.45, 7) is -0.0923. The minimum Gasteiger partial charge on any atom is -0.338 e. The van der Waals surface area contributed by atoms with E-state index in [1.54, 1.807) is 42.5 Å². The van der Waals surface area contributed by atoms with Crippen molar-refractivity contribution in [2.45, 2.75) is 4.90 Å². The van der Waals surface area contributed by atoms with Crippen molar-refractivity contribution >= 4 is 15.9 Å². The van der Waals surface area contributed by atoms with E-state index in [0.717, 1.165) is 4.31 Å². The van der Waals surface area contributed by atoms with Gasteiger partial charge in [0.2, 0.25) is 10.0 Å². The van der Waals surface area contributed by atoms with Crippen LogP contribution in [0.1, 0.15) is 10.4 Å². The van der Waals surface area contributed by atoms with Gasteiger partial charge in [0.05, 0.1) is 11.6 Å². The molecule has 0 atom stereocenters. The first kappa shape index (κ1) is 15.2. The van der Waals surface area contributed by atoms with E-state index in [1.807, 2.05) is 6.07 Å². The van der Waals surface area contributed by atoms with E-state index in [0.29, 0.717) is 5.56 Å². The molecule has 21 heavy (non-hydrogen) atoms. The Morgan fingerprint density at radius 3 is 2.10 bits per heavy atom. The molecule has 1 amide bonds. The molecule has 0 fully saturated rings. The molecule has 2 aromatic rings. The number of nitrogens with one attached hydrogen (secondary N) is 1. The van der Waals surface area contributed by atoms with Gasteiger partial charge in [-0.3, -0.25) is 4.79 Å². The summed E-state index contributed by atoms with van der Waals surface area (Å²) in [5, 5.41) is 2.58. The molecule has 0 saturated heterocycles. The molecule has 0 aliphatic carbocycles. The molecule has 1 N–H and O–H groups in total. The Labute approximate surface area is 124 Å². The SMILES string of the molecule is CN(CNC(=O)c1ccccc1)S(=O)(=O)c1ccccc1. The van der Waals surface area contributed by atoms with Crippen LogP contribution in [0.3, 0.4) is 0 Å². The first-order valence-corrected chi connectivity index (χ1v) is 7.80. The molecular formula is C15H16N2O3S. The highest BCUT2D eigenvalue weighted by atomic mass is 32.2. The Balaban J connectivity index is 2.02. The van der Waals surface area contributed by atoms with E-state index >= 15 is 0 Å². The normalized spacial score (nSPS) is 11.3. The Morgan fingerprint density at radius 1 is 1.00 bits per heavy atom. The zero-order valence-electron chi connectivity index (χ0n) is 11.6. The second kappa shape index (κ2) is 6.51. The van der Waals surface area contributed by atoms with E-state index in [2.05, 4.69) is 5.32 Å². The van der Waals surface area contributed by atoms with Gasteiger partial charge in [-0.25, -0.2) is 8.42 Å². The first-order chi connectivity index (χ1) is 10.0. The van der Waals surface area contributed by atoms with Gasteiger partial charge in [0.1, 0.15) is 0 Å². The van der Waals surface area contributed by atoms with Crippen molar-refractivity contribution in [2.75, 3.05) is 13.7 Å². The van der Waals surface area contributed by atoms with Crippen molar-refractivity contribution in [3.8, 4) is 0 Å². The summed E-state index contributed by atoms with van der Waals surface area (Å²) in [7, 11) is -2.17. The van der Waals surface area contributed by atoms with Crippen LogP contribution in [0, 0.1) is 0 Å². The fraction of sp³-hybridized carbons (Fsp3) is 0.133. The summed E-state index contributed by atoms with van der Waals surface area (Å²) in [6.07, 6.45) is 0. The molecule has 110 valence electrons. The minimum atomic E-state index is -3.60. The molecule has 5 nitrogen and oxygen atoms in total. The summed E-state index contributed by atoms with van der Waals surface area (Å²) in [5.74, 6) is -0.314. The van der Waals surface area contributed by atoms with Gasteiger partial charge in [-0.05, 0) is 24.3 Å². The number of nitrogens with zero attached hydrogens (tertiary/aromatic N) is 1. The van der Waals surface area contributed by atoms with Gasteiger partial charge in [-0.15, -0.1) is 0 Å². The highest BCUT2D eigenvalue weighted by molar-refractivity contribution is 7.89. The number of hydrogen-bond acceptors (Lipinski definition) is 3. The van der Waals surface area contributed by atoms with Crippen LogP contribution in [0.5, 0.6) is 0 Å². The Bertz CT molecular complexity index is 700. The van der Waals surface area contributed by atoms with Crippen molar-refractivity contribution in [3.63, 3.8) is 0 Å². The molecule has 0 aliphatic heterocycles. The van der Waals surface area contributed by atoms with Crippen LogP contribution in [0.2, 0.25) is 0 Å². The third-order valence-corrected chi connectivity index (χ3v) is 4.77. The van der Waals surface area contributed by atoms with Gasteiger partial charge < -0.3 is 5.32 Å². The van der Waals surface area contributed by atoms with Crippen LogP contribution in [-0.4, -0.2) is 32.3 Å². The van der Waals surface area contributed by atoms with Gasteiger partial charge in [-0.1, -0.05) is 36.4 Å². The summed E-state index contributed by atoms with van der Waals surface area (Å²) in [6, 6.07) is 16.7. The second-order valence-corrected chi connectivity index (χ2v) is 6.49. The number of rotatable bonds is 5. The Hall–Kier alpha value is -2.18. The fourth-order valence-corrected chi connectivity index (χ4v) is 2.83. The second-order valence-electron chi connectivity index (χ2n) is 4.45. The quantitative estimate of drug-likeness (QED) is 0.855. The van der Waals surface area contributed by atoms with Crippen LogP contribution >= 0.6 is 0 Å². The van der Waals surface area contributed by atoms with E-state index in [-0.39, 0.29) is 17.5 Å². The number of carbonyl (C=O) groups excluding carboxylic acids is 1. The zero-order valence-corrected chi connectivity index (χ0v) is 12.4. The maximum Gasteiger partial charge on any atom is 0.252 e. The maximum absolute atomic E-state index is 12.3. The largest absolute Gasteiger partial charge is 0.338 e. The van der Waals surface area contributed by atoms with Crippen molar-refractivity contribution in [3.05, 3.63) is 66.2 Å². The Kier molecular flexibility index (Phi) is 4.72. The van der Waals surface area contributed by atoms with Crippen molar-refractivity contribution in [1.29, 1.82) is 0 Å². The predicted molar refractivity (Wildman–Crippen MR) is 80.2 cm³/mol. The topological polar surface area (TPSA) is 66.5 Å². The number of benzene rings is 2. The van der Waals surface area contributed by atoms with Gasteiger partial charge >= 0.3 is 0 Å². The number of hydrogen-bond donors (Lipinski definition) is 1. The highest BCUT2D eigenvalue weighted by Crippen LogP contribution is 2.12. The van der Waals surface area contributed by atoms with Crippen LogP contribution in [0.15, 0.2) is 65.6 Å². The van der Waals surface area contributed by atoms with Gasteiger partial charge in [-0.2, -0.15) is 4.31 Å². The van der Waals surface area contributed by atoms with Crippen molar-refractivity contribution in [1.82, 2.24) is 9.62 Å². The molecule has 0 bridgehead atoms. The molecule has 0 aromatic heterocycles. The third-order valence-electron chi connectivity index (χ3n) is 2.95. The summed E-state index contributed by atoms with van der Waals surface area (Å²) in [4.78, 5) is 12.1. The van der Waals surface area contributed by atoms with Crippen LogP contribution in [0.25, 0.3) is 0 Å². The van der Waals surface area contributed by atoms with Crippen LogP contribution in [0.4, 0.5) is 0 Å². The zero-order chi connectivity index (χ0) is 15.3. The van der Waals surface area contributed by atoms with Crippen LogP contribution < -0.4 is 5.32 Å². The third kappa shape index (κ3) is 3.68.